The fourth-order valence-corrected chi connectivity index (χ4v) is 4.89. The number of non-ortho nitro benzene ring substituents is 1. The number of nitro benzene ring substituents is 1. The average Bonchev–Trinajstić information content (AvgIpc) is 2.87. The molecule has 0 aromatic heterocycles. The molecule has 0 N–H and O–H groups in total. The number of nitrogens with zero attached hydrogens (tertiary/aromatic N) is 2. The second-order valence-electron chi connectivity index (χ2n) is 6.11. The minimum atomic E-state index is -0.788. The SMILES string of the molecule is COc1cc([N+](=O)[O-])cc2c1OC1(Sc3cc(Cl)ccc3N1C)C(C)=C2. The van der Waals surface area contributed by atoms with Crippen LogP contribution in [0.2, 0.25) is 5.02 Å². The van der Waals surface area contributed by atoms with Gasteiger partial charge in [-0.1, -0.05) is 11.6 Å². The number of halogens is 1. The third kappa shape index (κ3) is 2.34. The maximum atomic E-state index is 11.2. The van der Waals surface area contributed by atoms with Crippen molar-refractivity contribution in [2.24, 2.45) is 0 Å². The number of thioether (sulfide) groups is 1. The van der Waals surface area contributed by atoms with E-state index in [1.54, 1.807) is 11.8 Å². The molecule has 0 saturated carbocycles. The Morgan fingerprint density at radius 3 is 2.81 bits per heavy atom. The van der Waals surface area contributed by atoms with E-state index in [9.17, 15) is 10.1 Å². The van der Waals surface area contributed by atoms with E-state index in [-0.39, 0.29) is 5.69 Å². The van der Waals surface area contributed by atoms with Crippen molar-refractivity contribution in [2.75, 3.05) is 19.1 Å². The van der Waals surface area contributed by atoms with Crippen LogP contribution in [0.5, 0.6) is 11.5 Å². The van der Waals surface area contributed by atoms with Crippen LogP contribution in [0.3, 0.4) is 0 Å². The lowest BCUT2D eigenvalue weighted by Gasteiger charge is -2.40. The molecule has 1 atom stereocenters. The molecule has 2 aliphatic rings. The molecule has 26 heavy (non-hydrogen) atoms. The maximum Gasteiger partial charge on any atom is 0.274 e. The van der Waals surface area contributed by atoms with Gasteiger partial charge in [0.25, 0.3) is 10.7 Å². The van der Waals surface area contributed by atoms with Gasteiger partial charge in [0.05, 0.1) is 23.8 Å². The van der Waals surface area contributed by atoms with E-state index in [2.05, 4.69) is 0 Å². The molecule has 2 aliphatic heterocycles. The molecule has 0 radical (unpaired) electrons. The summed E-state index contributed by atoms with van der Waals surface area (Å²) in [5, 5.41) is 11.1. The van der Waals surface area contributed by atoms with Crippen molar-refractivity contribution in [3.63, 3.8) is 0 Å². The monoisotopic (exact) mass is 390 g/mol. The van der Waals surface area contributed by atoms with Crippen LogP contribution in [-0.2, 0) is 0 Å². The van der Waals surface area contributed by atoms with E-state index in [1.165, 1.54) is 19.2 Å². The molecule has 4 rings (SSSR count). The van der Waals surface area contributed by atoms with Gasteiger partial charge in [-0.3, -0.25) is 10.1 Å². The zero-order chi connectivity index (χ0) is 18.6. The van der Waals surface area contributed by atoms with Crippen LogP contribution in [0.25, 0.3) is 6.08 Å². The van der Waals surface area contributed by atoms with Gasteiger partial charge in [-0.2, -0.15) is 0 Å². The first-order valence-electron chi connectivity index (χ1n) is 7.82. The Kier molecular flexibility index (Phi) is 3.82. The van der Waals surface area contributed by atoms with Crippen molar-refractivity contribution in [3.05, 3.63) is 56.6 Å². The number of benzene rings is 2. The van der Waals surface area contributed by atoms with Gasteiger partial charge in [-0.25, -0.2) is 0 Å². The minimum absolute atomic E-state index is 0.0355. The molecule has 134 valence electrons. The second kappa shape index (κ2) is 5.82. The molecule has 6 nitrogen and oxygen atoms in total. The van der Waals surface area contributed by atoms with Gasteiger partial charge in [0.2, 0.25) is 0 Å². The lowest BCUT2D eigenvalue weighted by molar-refractivity contribution is -0.385. The van der Waals surface area contributed by atoms with Crippen LogP contribution in [0.1, 0.15) is 12.5 Å². The first-order chi connectivity index (χ1) is 12.4. The fraction of sp³-hybridized carbons (Fsp3) is 0.222. The summed E-state index contributed by atoms with van der Waals surface area (Å²) in [6, 6.07) is 8.59. The summed E-state index contributed by atoms with van der Waals surface area (Å²) in [5.74, 6) is 0.822. The molecule has 2 aromatic rings. The van der Waals surface area contributed by atoms with Crippen LogP contribution in [0.4, 0.5) is 11.4 Å². The lowest BCUT2D eigenvalue weighted by atomic mass is 10.0. The van der Waals surface area contributed by atoms with Crippen LogP contribution in [-0.4, -0.2) is 24.1 Å². The number of nitro groups is 1. The van der Waals surface area contributed by atoms with Gasteiger partial charge in [0, 0.05) is 34.2 Å². The molecule has 0 aliphatic carbocycles. The summed E-state index contributed by atoms with van der Waals surface area (Å²) in [4.78, 5) is 13.8. The normalized spacial score (nSPS) is 20.3. The van der Waals surface area contributed by atoms with Gasteiger partial charge in [-0.15, -0.1) is 0 Å². The van der Waals surface area contributed by atoms with Crippen molar-refractivity contribution >= 4 is 40.8 Å². The number of methoxy groups -OCH3 is 1. The predicted molar refractivity (Wildman–Crippen MR) is 102 cm³/mol. The summed E-state index contributed by atoms with van der Waals surface area (Å²) in [6.07, 6.45) is 1.91. The summed E-state index contributed by atoms with van der Waals surface area (Å²) >= 11 is 7.68. The topological polar surface area (TPSA) is 64.8 Å². The Hall–Kier alpha value is -2.38. The Bertz CT molecular complexity index is 978. The highest BCUT2D eigenvalue weighted by atomic mass is 35.5. The van der Waals surface area contributed by atoms with E-state index >= 15 is 0 Å². The zero-order valence-corrected chi connectivity index (χ0v) is 15.9. The molecule has 0 amide bonds. The summed E-state index contributed by atoms with van der Waals surface area (Å²) in [6.45, 7) is 1.95. The number of hydrogen-bond acceptors (Lipinski definition) is 6. The van der Waals surface area contributed by atoms with Crippen molar-refractivity contribution < 1.29 is 14.4 Å². The first kappa shape index (κ1) is 17.1. The quantitative estimate of drug-likeness (QED) is 0.534. The number of likely N-dealkylation sites (N-methyl/N-ethyl adjacent to an activating group) is 1. The van der Waals surface area contributed by atoms with Crippen LogP contribution in [0, 0.1) is 10.1 Å². The Labute approximate surface area is 159 Å². The first-order valence-corrected chi connectivity index (χ1v) is 9.02. The molecule has 1 spiro atoms. The van der Waals surface area contributed by atoms with Gasteiger partial charge in [0.1, 0.15) is 0 Å². The van der Waals surface area contributed by atoms with E-state index in [0.29, 0.717) is 22.1 Å². The smallest absolute Gasteiger partial charge is 0.274 e. The van der Waals surface area contributed by atoms with E-state index in [0.717, 1.165) is 16.2 Å². The number of hydrogen-bond donors (Lipinski definition) is 0. The van der Waals surface area contributed by atoms with Gasteiger partial charge < -0.3 is 14.4 Å². The molecule has 0 fully saturated rings. The highest BCUT2D eigenvalue weighted by Crippen LogP contribution is 2.57. The highest BCUT2D eigenvalue weighted by molar-refractivity contribution is 8.01. The molecule has 2 aromatic carbocycles. The average molecular weight is 391 g/mol. The van der Waals surface area contributed by atoms with E-state index in [1.807, 2.05) is 43.1 Å². The number of anilines is 1. The van der Waals surface area contributed by atoms with Crippen molar-refractivity contribution in [3.8, 4) is 11.5 Å². The second-order valence-corrected chi connectivity index (χ2v) is 7.74. The van der Waals surface area contributed by atoms with Crippen molar-refractivity contribution in [1.82, 2.24) is 0 Å². The predicted octanol–water partition coefficient (Wildman–Crippen LogP) is 4.95. The largest absolute Gasteiger partial charge is 0.493 e. The number of ether oxygens (including phenoxy) is 2. The van der Waals surface area contributed by atoms with Crippen LogP contribution >= 0.6 is 23.4 Å². The van der Waals surface area contributed by atoms with E-state index in [4.69, 9.17) is 21.1 Å². The highest BCUT2D eigenvalue weighted by Gasteiger charge is 2.49. The Balaban J connectivity index is 1.85. The number of rotatable bonds is 2. The van der Waals surface area contributed by atoms with Gasteiger partial charge >= 0.3 is 0 Å². The third-order valence-electron chi connectivity index (χ3n) is 4.58. The zero-order valence-electron chi connectivity index (χ0n) is 14.3. The minimum Gasteiger partial charge on any atom is -0.493 e. The lowest BCUT2D eigenvalue weighted by Crippen LogP contribution is -2.48. The molecule has 0 bridgehead atoms. The fourth-order valence-electron chi connectivity index (χ4n) is 3.28. The van der Waals surface area contributed by atoms with Crippen LogP contribution < -0.4 is 14.4 Å². The Morgan fingerprint density at radius 1 is 1.35 bits per heavy atom. The third-order valence-corrected chi connectivity index (χ3v) is 6.32. The van der Waals surface area contributed by atoms with Crippen molar-refractivity contribution in [2.45, 2.75) is 16.9 Å². The molecular weight excluding hydrogens is 376 g/mol. The molecule has 0 saturated heterocycles. The maximum absolute atomic E-state index is 11.2. The van der Waals surface area contributed by atoms with Crippen LogP contribution in [0.15, 0.2) is 40.8 Å². The van der Waals surface area contributed by atoms with E-state index < -0.39 is 9.98 Å². The molecule has 2 heterocycles. The molecule has 8 heteroatoms. The summed E-state index contributed by atoms with van der Waals surface area (Å²) in [7, 11) is 3.42. The standard InChI is InChI=1S/C18H15ClN2O4S/c1-10-6-11-7-13(21(22)23)9-15(24-3)17(11)25-18(10)20(2)14-5-4-12(19)8-16(14)26-18/h4-9H,1-3H3. The van der Waals surface area contributed by atoms with Crippen molar-refractivity contribution in [1.29, 1.82) is 0 Å². The molecule has 1 unspecified atom stereocenters. The molecular formula is C18H15ClN2O4S. The van der Waals surface area contributed by atoms with Gasteiger partial charge in [-0.05, 0) is 43.0 Å². The Morgan fingerprint density at radius 2 is 2.12 bits per heavy atom. The number of fused-ring (bicyclic) bond motifs is 2. The summed E-state index contributed by atoms with van der Waals surface area (Å²) in [5.41, 5.74) is 2.53. The van der Waals surface area contributed by atoms with Gasteiger partial charge in [0.15, 0.2) is 11.5 Å². The summed E-state index contributed by atoms with van der Waals surface area (Å²) < 4.78 is 11.8.